The molecule has 0 bridgehead atoms. The number of benzene rings is 4. The van der Waals surface area contributed by atoms with Crippen molar-refractivity contribution in [2.24, 2.45) is 4.40 Å². The van der Waals surface area contributed by atoms with E-state index in [2.05, 4.69) is 19.4 Å². The number of carbonyl (C=O) groups excluding carboxylic acids is 1. The molecule has 0 spiro atoms. The van der Waals surface area contributed by atoms with Gasteiger partial charge in [0, 0.05) is 27.9 Å². The van der Waals surface area contributed by atoms with Crippen LogP contribution in [0.1, 0.15) is 23.6 Å². The third kappa shape index (κ3) is 6.26. The van der Waals surface area contributed by atoms with E-state index in [-0.39, 0.29) is 22.7 Å². The molecule has 1 heterocycles. The van der Waals surface area contributed by atoms with E-state index >= 15 is 0 Å². The summed E-state index contributed by atoms with van der Waals surface area (Å²) in [5.41, 5.74) is 1.75. The Morgan fingerprint density at radius 3 is 2.62 bits per heavy atom. The van der Waals surface area contributed by atoms with Crippen LogP contribution in [0.15, 0.2) is 88.4 Å². The van der Waals surface area contributed by atoms with Gasteiger partial charge in [0.05, 0.1) is 23.2 Å². The van der Waals surface area contributed by atoms with Gasteiger partial charge >= 0.3 is 11.5 Å². The maximum atomic E-state index is 12.6. The van der Waals surface area contributed by atoms with Crippen LogP contribution < -0.4 is 10.0 Å². The van der Waals surface area contributed by atoms with Crippen molar-refractivity contribution < 1.29 is 18.0 Å². The quantitative estimate of drug-likeness (QED) is 0.115. The van der Waals surface area contributed by atoms with Gasteiger partial charge in [0.1, 0.15) is 6.33 Å². The number of aromatic nitrogens is 2. The summed E-state index contributed by atoms with van der Waals surface area (Å²) in [4.78, 5) is 17.0. The van der Waals surface area contributed by atoms with E-state index in [4.69, 9.17) is 0 Å². The number of imidazole rings is 1. The summed E-state index contributed by atoms with van der Waals surface area (Å²) in [7, 11) is 0. The zero-order chi connectivity index (χ0) is 28.3. The molecule has 0 saturated carbocycles. The van der Waals surface area contributed by atoms with E-state index < -0.39 is 5.51 Å². The number of halogens is 3. The zero-order valence-corrected chi connectivity index (χ0v) is 23.1. The lowest BCUT2D eigenvalue weighted by Gasteiger charge is -2.12. The fraction of sp³-hybridized carbons (Fsp3) is 0.138. The first-order valence-corrected chi connectivity index (χ1v) is 13.9. The minimum atomic E-state index is -4.32. The number of anilines is 1. The van der Waals surface area contributed by atoms with Crippen molar-refractivity contribution in [3.63, 3.8) is 0 Å². The molecule has 11 heteroatoms. The van der Waals surface area contributed by atoms with Crippen molar-refractivity contribution in [3.05, 3.63) is 95.8 Å². The van der Waals surface area contributed by atoms with Crippen molar-refractivity contribution in [3.8, 4) is 5.69 Å². The second kappa shape index (κ2) is 11.6. The number of carbonyl (C=O) groups is 1. The summed E-state index contributed by atoms with van der Waals surface area (Å²) in [6, 6.07) is 21.5. The number of thioether (sulfide) groups is 1. The van der Waals surface area contributed by atoms with E-state index in [9.17, 15) is 18.0 Å². The number of fused-ring (bicyclic) bond motifs is 3. The first-order valence-electron chi connectivity index (χ1n) is 12.3. The van der Waals surface area contributed by atoms with Gasteiger partial charge in [-0.1, -0.05) is 43.3 Å². The summed E-state index contributed by atoms with van der Waals surface area (Å²) < 4.78 is 46.7. The first kappa shape index (κ1) is 27.6. The molecule has 2 amide bonds. The van der Waals surface area contributed by atoms with Crippen LogP contribution in [0.4, 0.5) is 23.7 Å². The molecule has 4 aromatic carbocycles. The maximum absolute atomic E-state index is 12.6. The van der Waals surface area contributed by atoms with Gasteiger partial charge in [-0.05, 0) is 83.6 Å². The van der Waals surface area contributed by atoms with Gasteiger partial charge in [-0.2, -0.15) is 13.2 Å². The number of nitrogens with zero attached hydrogens (tertiary/aromatic N) is 3. The molecule has 0 atom stereocenters. The number of rotatable bonds is 7. The smallest absolute Gasteiger partial charge is 0.307 e. The van der Waals surface area contributed by atoms with Crippen molar-refractivity contribution in [2.45, 2.75) is 30.7 Å². The number of alkyl halides is 3. The minimum Gasteiger partial charge on any atom is -0.307 e. The highest BCUT2D eigenvalue weighted by molar-refractivity contribution is 8.00. The standard InChI is InChI=1S/C29H24F3N5OS2/c1-3-20-6-4-5-18(2)26(20)35-28(38)36-40-34-16-19-7-13-24-21(15-19)8-14-25-27(24)33-17-37(25)22-9-11-23(12-10-22)39-29(30,31)32/h4-17H,3H2,1-2H3,(H2,35,36,38)/b34-16+. The molecule has 2 N–H and O–H groups in total. The van der Waals surface area contributed by atoms with Crippen LogP contribution >= 0.6 is 23.9 Å². The molecule has 0 aliphatic rings. The fourth-order valence-corrected chi connectivity index (χ4v) is 5.32. The molecule has 0 fully saturated rings. The predicted molar refractivity (Wildman–Crippen MR) is 158 cm³/mol. The van der Waals surface area contributed by atoms with Crippen LogP contribution in [0.5, 0.6) is 0 Å². The molecule has 204 valence electrons. The van der Waals surface area contributed by atoms with Crippen LogP contribution in [0, 0.1) is 6.92 Å². The molecule has 5 aromatic rings. The van der Waals surface area contributed by atoms with Crippen LogP contribution in [-0.4, -0.2) is 27.3 Å². The SMILES string of the molecule is CCc1cccc(C)c1NC(=O)NS/N=C/c1ccc2c(ccc3c2ncn3-c2ccc(SC(F)(F)F)cc2)c1. The highest BCUT2D eigenvalue weighted by Gasteiger charge is 2.29. The minimum absolute atomic E-state index is 0.131. The molecular formula is C29H24F3N5OS2. The summed E-state index contributed by atoms with van der Waals surface area (Å²) in [5.74, 6) is 0. The Hall–Kier alpha value is -3.96. The largest absolute Gasteiger partial charge is 0.446 e. The van der Waals surface area contributed by atoms with Gasteiger partial charge in [0.2, 0.25) is 0 Å². The lowest BCUT2D eigenvalue weighted by atomic mass is 10.1. The third-order valence-electron chi connectivity index (χ3n) is 6.28. The highest BCUT2D eigenvalue weighted by Crippen LogP contribution is 2.37. The maximum Gasteiger partial charge on any atom is 0.446 e. The number of nitrogens with one attached hydrogen (secondary N) is 2. The molecule has 5 rings (SSSR count). The Bertz CT molecular complexity index is 1720. The second-order valence-electron chi connectivity index (χ2n) is 8.91. The van der Waals surface area contributed by atoms with Gasteiger partial charge in [-0.25, -0.2) is 14.2 Å². The predicted octanol–water partition coefficient (Wildman–Crippen LogP) is 8.47. The molecule has 40 heavy (non-hydrogen) atoms. The number of para-hydroxylation sites is 1. The third-order valence-corrected chi connectivity index (χ3v) is 7.50. The lowest BCUT2D eigenvalue weighted by Crippen LogP contribution is -2.23. The van der Waals surface area contributed by atoms with Crippen molar-refractivity contribution >= 4 is 63.6 Å². The van der Waals surface area contributed by atoms with Crippen LogP contribution in [-0.2, 0) is 6.42 Å². The monoisotopic (exact) mass is 579 g/mol. The van der Waals surface area contributed by atoms with E-state index in [1.807, 2.05) is 66.9 Å². The van der Waals surface area contributed by atoms with Gasteiger partial charge in [-0.3, -0.25) is 9.29 Å². The second-order valence-corrected chi connectivity index (χ2v) is 10.7. The van der Waals surface area contributed by atoms with Gasteiger partial charge in [-0.15, -0.1) is 0 Å². The number of aryl methyl sites for hydroxylation is 2. The Morgan fingerprint density at radius 2 is 1.88 bits per heavy atom. The Kier molecular flexibility index (Phi) is 8.04. The van der Waals surface area contributed by atoms with Crippen molar-refractivity contribution in [2.75, 3.05) is 5.32 Å². The number of hydrogen-bond donors (Lipinski definition) is 2. The normalized spacial score (nSPS) is 11.9. The molecule has 6 nitrogen and oxygen atoms in total. The molecule has 0 aliphatic heterocycles. The Labute approximate surface area is 237 Å². The van der Waals surface area contributed by atoms with E-state index in [0.717, 1.165) is 68.4 Å². The van der Waals surface area contributed by atoms with E-state index in [1.165, 1.54) is 12.1 Å². The molecule has 1 aromatic heterocycles. The topological polar surface area (TPSA) is 71.3 Å². The number of hydrogen-bond acceptors (Lipinski definition) is 5. The summed E-state index contributed by atoms with van der Waals surface area (Å²) in [6.07, 6.45) is 4.15. The molecular weight excluding hydrogens is 555 g/mol. The van der Waals surface area contributed by atoms with Crippen LogP contribution in [0.3, 0.4) is 0 Å². The number of urea groups is 1. The Balaban J connectivity index is 1.26. The van der Waals surface area contributed by atoms with E-state index in [0.29, 0.717) is 0 Å². The number of amides is 2. The van der Waals surface area contributed by atoms with Crippen molar-refractivity contribution in [1.29, 1.82) is 0 Å². The van der Waals surface area contributed by atoms with E-state index in [1.54, 1.807) is 24.7 Å². The van der Waals surface area contributed by atoms with Gasteiger partial charge in [0.25, 0.3) is 0 Å². The highest BCUT2D eigenvalue weighted by atomic mass is 32.2. The zero-order valence-electron chi connectivity index (χ0n) is 21.5. The fourth-order valence-electron chi connectivity index (χ4n) is 4.42. The first-order chi connectivity index (χ1) is 19.2. The van der Waals surface area contributed by atoms with Gasteiger partial charge in [0.15, 0.2) is 0 Å². The molecule has 0 saturated heterocycles. The average molecular weight is 580 g/mol. The summed E-state index contributed by atoms with van der Waals surface area (Å²) >= 11 is 0.798. The molecule has 0 aliphatic carbocycles. The molecule has 0 radical (unpaired) electrons. The molecule has 0 unspecified atom stereocenters. The lowest BCUT2D eigenvalue weighted by molar-refractivity contribution is -0.0328. The van der Waals surface area contributed by atoms with Crippen LogP contribution in [0.2, 0.25) is 0 Å². The Morgan fingerprint density at radius 1 is 1.07 bits per heavy atom. The van der Waals surface area contributed by atoms with Crippen LogP contribution in [0.25, 0.3) is 27.5 Å². The average Bonchev–Trinajstić information content (AvgIpc) is 3.36. The summed E-state index contributed by atoms with van der Waals surface area (Å²) in [5, 5.41) is 4.79. The van der Waals surface area contributed by atoms with Crippen molar-refractivity contribution in [1.82, 2.24) is 14.3 Å². The van der Waals surface area contributed by atoms with Gasteiger partial charge < -0.3 is 5.32 Å². The summed E-state index contributed by atoms with van der Waals surface area (Å²) in [6.45, 7) is 4.00.